The van der Waals surface area contributed by atoms with Gasteiger partial charge in [-0.25, -0.2) is 0 Å². The summed E-state index contributed by atoms with van der Waals surface area (Å²) in [6.07, 6.45) is 0.386. The number of methoxy groups -OCH3 is 2. The molecule has 1 aliphatic heterocycles. The Kier molecular flexibility index (Phi) is 7.75. The summed E-state index contributed by atoms with van der Waals surface area (Å²) in [4.78, 5) is 37.7. The molecule has 1 aliphatic rings. The molecule has 1 aromatic carbocycles. The standard InChI is InChI=1S/C19H27N3O5/c1-4-17(23)20-15-5-7-16(8-6-15)21-18(24)19(25)22-9-13(11-26-2)14(10-22)12-27-3/h5-8,13-14H,4,9-12H2,1-3H3,(H,20,23)(H,21,24)/t13-,14+. The molecule has 1 heterocycles. The van der Waals surface area contributed by atoms with Gasteiger partial charge < -0.3 is 25.0 Å². The highest BCUT2D eigenvalue weighted by Gasteiger charge is 2.37. The second-order valence-corrected chi connectivity index (χ2v) is 6.57. The van der Waals surface area contributed by atoms with Gasteiger partial charge in [-0.1, -0.05) is 6.92 Å². The fourth-order valence-electron chi connectivity index (χ4n) is 3.12. The van der Waals surface area contributed by atoms with E-state index in [1.54, 1.807) is 50.3 Å². The van der Waals surface area contributed by atoms with Gasteiger partial charge in [-0.05, 0) is 24.3 Å². The molecular weight excluding hydrogens is 350 g/mol. The van der Waals surface area contributed by atoms with Crippen LogP contribution in [0.25, 0.3) is 0 Å². The third-order valence-electron chi connectivity index (χ3n) is 4.57. The number of nitrogens with zero attached hydrogens (tertiary/aromatic N) is 1. The molecule has 0 unspecified atom stereocenters. The summed E-state index contributed by atoms with van der Waals surface area (Å²) >= 11 is 0. The molecule has 2 rings (SSSR count). The van der Waals surface area contributed by atoms with E-state index in [9.17, 15) is 14.4 Å². The first-order valence-electron chi connectivity index (χ1n) is 8.96. The van der Waals surface area contributed by atoms with Gasteiger partial charge in [0.2, 0.25) is 5.91 Å². The first-order chi connectivity index (χ1) is 13.0. The quantitative estimate of drug-likeness (QED) is 0.699. The summed E-state index contributed by atoms with van der Waals surface area (Å²) in [5.74, 6) is -1.05. The highest BCUT2D eigenvalue weighted by molar-refractivity contribution is 6.39. The first-order valence-corrected chi connectivity index (χ1v) is 8.96. The van der Waals surface area contributed by atoms with Crippen LogP contribution in [0.3, 0.4) is 0 Å². The molecule has 27 heavy (non-hydrogen) atoms. The molecule has 2 N–H and O–H groups in total. The Hall–Kier alpha value is -2.45. The second kappa shape index (κ2) is 10.0. The lowest BCUT2D eigenvalue weighted by molar-refractivity contribution is -0.142. The topological polar surface area (TPSA) is 97.0 Å². The maximum atomic E-state index is 12.5. The van der Waals surface area contributed by atoms with Crippen molar-refractivity contribution < 1.29 is 23.9 Å². The Labute approximate surface area is 159 Å². The van der Waals surface area contributed by atoms with E-state index in [1.165, 1.54) is 0 Å². The van der Waals surface area contributed by atoms with Crippen molar-refractivity contribution in [2.24, 2.45) is 11.8 Å². The van der Waals surface area contributed by atoms with Gasteiger partial charge in [0.05, 0.1) is 13.2 Å². The number of hydrogen-bond donors (Lipinski definition) is 2. The molecule has 8 heteroatoms. The number of likely N-dealkylation sites (tertiary alicyclic amines) is 1. The van der Waals surface area contributed by atoms with Crippen molar-refractivity contribution >= 4 is 29.1 Å². The molecule has 0 spiro atoms. The highest BCUT2D eigenvalue weighted by Crippen LogP contribution is 2.24. The zero-order valence-corrected chi connectivity index (χ0v) is 16.0. The summed E-state index contributed by atoms with van der Waals surface area (Å²) < 4.78 is 10.4. The number of hydrogen-bond acceptors (Lipinski definition) is 5. The van der Waals surface area contributed by atoms with Crippen LogP contribution in [0.4, 0.5) is 11.4 Å². The fourth-order valence-corrected chi connectivity index (χ4v) is 3.12. The van der Waals surface area contributed by atoms with Crippen LogP contribution < -0.4 is 10.6 Å². The van der Waals surface area contributed by atoms with Crippen LogP contribution in [0.1, 0.15) is 13.3 Å². The summed E-state index contributed by atoms with van der Waals surface area (Å²) in [6, 6.07) is 6.63. The van der Waals surface area contributed by atoms with Crippen molar-refractivity contribution in [1.29, 1.82) is 0 Å². The summed E-state index contributed by atoms with van der Waals surface area (Å²) in [5.41, 5.74) is 1.12. The van der Waals surface area contributed by atoms with E-state index < -0.39 is 11.8 Å². The zero-order chi connectivity index (χ0) is 19.8. The molecule has 0 aliphatic carbocycles. The second-order valence-electron chi connectivity index (χ2n) is 6.57. The molecule has 1 fully saturated rings. The monoisotopic (exact) mass is 377 g/mol. The number of ether oxygens (including phenoxy) is 2. The third kappa shape index (κ3) is 5.77. The Morgan fingerprint density at radius 3 is 1.89 bits per heavy atom. The van der Waals surface area contributed by atoms with Gasteiger partial charge in [-0.3, -0.25) is 14.4 Å². The Morgan fingerprint density at radius 1 is 0.963 bits per heavy atom. The first kappa shape index (κ1) is 20.9. The smallest absolute Gasteiger partial charge is 0.313 e. The Balaban J connectivity index is 1.93. The summed E-state index contributed by atoms with van der Waals surface area (Å²) in [6.45, 7) is 3.74. The fraction of sp³-hybridized carbons (Fsp3) is 0.526. The zero-order valence-electron chi connectivity index (χ0n) is 16.0. The largest absolute Gasteiger partial charge is 0.384 e. The predicted octanol–water partition coefficient (Wildman–Crippen LogP) is 1.34. The minimum atomic E-state index is -0.686. The maximum Gasteiger partial charge on any atom is 0.313 e. The molecular formula is C19H27N3O5. The lowest BCUT2D eigenvalue weighted by Gasteiger charge is -2.16. The average Bonchev–Trinajstić information content (AvgIpc) is 3.06. The number of carbonyl (C=O) groups excluding carboxylic acids is 3. The molecule has 1 saturated heterocycles. The van der Waals surface area contributed by atoms with E-state index >= 15 is 0 Å². The van der Waals surface area contributed by atoms with Gasteiger partial charge in [-0.2, -0.15) is 0 Å². The lowest BCUT2D eigenvalue weighted by Crippen LogP contribution is -2.38. The van der Waals surface area contributed by atoms with E-state index in [0.717, 1.165) is 0 Å². The summed E-state index contributed by atoms with van der Waals surface area (Å²) in [5, 5.41) is 5.32. The minimum absolute atomic E-state index is 0.0905. The number of carbonyl (C=O) groups is 3. The molecule has 148 valence electrons. The highest BCUT2D eigenvalue weighted by atomic mass is 16.5. The number of nitrogens with one attached hydrogen (secondary N) is 2. The van der Waals surface area contributed by atoms with Gasteiger partial charge in [0.15, 0.2) is 0 Å². The van der Waals surface area contributed by atoms with Crippen molar-refractivity contribution in [3.63, 3.8) is 0 Å². The van der Waals surface area contributed by atoms with Crippen molar-refractivity contribution in [3.05, 3.63) is 24.3 Å². The van der Waals surface area contributed by atoms with Crippen LogP contribution in [0.5, 0.6) is 0 Å². The van der Waals surface area contributed by atoms with Crippen LogP contribution in [-0.4, -0.2) is 63.1 Å². The van der Waals surface area contributed by atoms with E-state index in [-0.39, 0.29) is 17.7 Å². The van der Waals surface area contributed by atoms with Crippen molar-refractivity contribution in [2.75, 3.05) is 51.2 Å². The minimum Gasteiger partial charge on any atom is -0.384 e. The van der Waals surface area contributed by atoms with Crippen molar-refractivity contribution in [3.8, 4) is 0 Å². The molecule has 2 atom stereocenters. The van der Waals surface area contributed by atoms with Crippen LogP contribution >= 0.6 is 0 Å². The lowest BCUT2D eigenvalue weighted by atomic mass is 9.98. The van der Waals surface area contributed by atoms with Crippen LogP contribution in [-0.2, 0) is 23.9 Å². The van der Waals surface area contributed by atoms with Gasteiger partial charge in [0.1, 0.15) is 0 Å². The van der Waals surface area contributed by atoms with Gasteiger partial charge >= 0.3 is 11.8 Å². The molecule has 1 aromatic rings. The van der Waals surface area contributed by atoms with Crippen molar-refractivity contribution in [2.45, 2.75) is 13.3 Å². The van der Waals surface area contributed by atoms with Gasteiger partial charge in [0.25, 0.3) is 0 Å². The van der Waals surface area contributed by atoms with Gasteiger partial charge in [0, 0.05) is 56.9 Å². The molecule has 0 radical (unpaired) electrons. The third-order valence-corrected chi connectivity index (χ3v) is 4.57. The van der Waals surface area contributed by atoms with E-state index in [4.69, 9.17) is 9.47 Å². The molecule has 8 nitrogen and oxygen atoms in total. The van der Waals surface area contributed by atoms with Gasteiger partial charge in [-0.15, -0.1) is 0 Å². The van der Waals surface area contributed by atoms with Crippen LogP contribution in [0, 0.1) is 11.8 Å². The molecule has 0 aromatic heterocycles. The van der Waals surface area contributed by atoms with E-state index in [1.807, 2.05) is 0 Å². The Morgan fingerprint density at radius 2 is 1.44 bits per heavy atom. The Bertz CT molecular complexity index is 648. The predicted molar refractivity (Wildman–Crippen MR) is 101 cm³/mol. The van der Waals surface area contributed by atoms with Crippen LogP contribution in [0.2, 0.25) is 0 Å². The van der Waals surface area contributed by atoms with E-state index in [2.05, 4.69) is 10.6 Å². The molecule has 3 amide bonds. The number of rotatable bonds is 7. The van der Waals surface area contributed by atoms with Crippen LogP contribution in [0.15, 0.2) is 24.3 Å². The number of benzene rings is 1. The van der Waals surface area contributed by atoms with E-state index in [0.29, 0.717) is 44.1 Å². The normalized spacial score (nSPS) is 19.0. The summed E-state index contributed by atoms with van der Waals surface area (Å²) in [7, 11) is 3.24. The SMILES string of the molecule is CCC(=O)Nc1ccc(NC(=O)C(=O)N2C[C@@H](COC)[C@@H](COC)C2)cc1. The molecule has 0 saturated carbocycles. The number of amides is 3. The maximum absolute atomic E-state index is 12.5. The van der Waals surface area contributed by atoms with Crippen molar-refractivity contribution in [1.82, 2.24) is 4.90 Å². The average molecular weight is 377 g/mol. The molecule has 0 bridgehead atoms. The number of anilines is 2.